The molecule has 0 saturated heterocycles. The molecule has 0 aromatic heterocycles. The smallest absolute Gasteiger partial charge is 0.159 e. The molecule has 1 aromatic rings. The molecule has 1 N–H and O–H groups in total. The van der Waals surface area contributed by atoms with E-state index in [1.807, 2.05) is 0 Å². The highest BCUT2D eigenvalue weighted by Crippen LogP contribution is 2.15. The average molecular weight is 246 g/mol. The second-order valence-corrected chi connectivity index (χ2v) is 5.60. The zero-order valence-electron chi connectivity index (χ0n) is 9.41. The maximum absolute atomic E-state index is 12.9. The van der Waals surface area contributed by atoms with Crippen LogP contribution in [0.25, 0.3) is 0 Å². The molecule has 16 heavy (non-hydrogen) atoms. The van der Waals surface area contributed by atoms with Crippen molar-refractivity contribution < 1.29 is 13.9 Å². The standard InChI is InChI=1S/C12H16F2OS/c1-8(2)16-7-10(15)5-9-3-4-11(13)12(14)6-9/h3-4,6,8,10,15H,5,7H2,1-2H3. The summed E-state index contributed by atoms with van der Waals surface area (Å²) in [5.74, 6) is -1.10. The van der Waals surface area contributed by atoms with Gasteiger partial charge in [-0.1, -0.05) is 19.9 Å². The summed E-state index contributed by atoms with van der Waals surface area (Å²) in [6, 6.07) is 3.73. The molecule has 0 radical (unpaired) electrons. The number of hydrogen-bond acceptors (Lipinski definition) is 2. The van der Waals surface area contributed by atoms with Gasteiger partial charge in [-0.15, -0.1) is 0 Å². The number of halogens is 2. The van der Waals surface area contributed by atoms with Gasteiger partial charge >= 0.3 is 0 Å². The lowest BCUT2D eigenvalue weighted by Gasteiger charge is -2.12. The van der Waals surface area contributed by atoms with E-state index in [0.717, 1.165) is 12.1 Å². The molecule has 1 aromatic carbocycles. The Morgan fingerprint density at radius 2 is 1.94 bits per heavy atom. The summed E-state index contributed by atoms with van der Waals surface area (Å²) in [5, 5.41) is 10.1. The molecule has 1 unspecified atom stereocenters. The second-order valence-electron chi connectivity index (χ2n) is 3.99. The maximum Gasteiger partial charge on any atom is 0.159 e. The SMILES string of the molecule is CC(C)SCC(O)Cc1ccc(F)c(F)c1. The minimum absolute atomic E-state index is 0.358. The van der Waals surface area contributed by atoms with Crippen molar-refractivity contribution in [2.45, 2.75) is 31.6 Å². The zero-order chi connectivity index (χ0) is 12.1. The Balaban J connectivity index is 2.49. The Hall–Kier alpha value is -0.610. The summed E-state index contributed by atoms with van der Waals surface area (Å²) in [5.41, 5.74) is 0.621. The van der Waals surface area contributed by atoms with Crippen LogP contribution < -0.4 is 0 Å². The van der Waals surface area contributed by atoms with Gasteiger partial charge in [-0.2, -0.15) is 11.8 Å². The molecule has 4 heteroatoms. The molecule has 0 aliphatic rings. The summed E-state index contributed by atoms with van der Waals surface area (Å²) >= 11 is 1.65. The molecule has 1 nitrogen and oxygen atoms in total. The van der Waals surface area contributed by atoms with Crippen LogP contribution >= 0.6 is 11.8 Å². The van der Waals surface area contributed by atoms with E-state index in [1.54, 1.807) is 11.8 Å². The van der Waals surface area contributed by atoms with Crippen molar-refractivity contribution >= 4 is 11.8 Å². The Morgan fingerprint density at radius 3 is 2.50 bits per heavy atom. The van der Waals surface area contributed by atoms with Crippen molar-refractivity contribution in [2.24, 2.45) is 0 Å². The monoisotopic (exact) mass is 246 g/mol. The highest BCUT2D eigenvalue weighted by Gasteiger charge is 2.09. The molecule has 0 aliphatic carbocycles. The molecule has 1 atom stereocenters. The fraction of sp³-hybridized carbons (Fsp3) is 0.500. The fourth-order valence-electron chi connectivity index (χ4n) is 1.30. The van der Waals surface area contributed by atoms with Gasteiger partial charge in [0.15, 0.2) is 11.6 Å². The lowest BCUT2D eigenvalue weighted by atomic mass is 10.1. The normalized spacial score (nSPS) is 13.1. The minimum atomic E-state index is -0.860. The van der Waals surface area contributed by atoms with E-state index >= 15 is 0 Å². The first-order valence-corrected chi connectivity index (χ1v) is 6.27. The predicted molar refractivity (Wildman–Crippen MR) is 63.7 cm³/mol. The van der Waals surface area contributed by atoms with Crippen LogP contribution in [0.5, 0.6) is 0 Å². The first-order chi connectivity index (χ1) is 7.49. The van der Waals surface area contributed by atoms with Crippen LogP contribution in [0.1, 0.15) is 19.4 Å². The quantitative estimate of drug-likeness (QED) is 0.861. The first kappa shape index (κ1) is 13.5. The summed E-state index contributed by atoms with van der Waals surface area (Å²) < 4.78 is 25.5. The average Bonchev–Trinajstić information content (AvgIpc) is 2.21. The second kappa shape index (κ2) is 6.21. The van der Waals surface area contributed by atoms with Crippen LogP contribution in [-0.2, 0) is 6.42 Å². The van der Waals surface area contributed by atoms with Crippen LogP contribution in [0.15, 0.2) is 18.2 Å². The van der Waals surface area contributed by atoms with E-state index < -0.39 is 17.7 Å². The molecule has 0 saturated carbocycles. The lowest BCUT2D eigenvalue weighted by molar-refractivity contribution is 0.200. The van der Waals surface area contributed by atoms with Gasteiger partial charge in [0, 0.05) is 5.75 Å². The molecule has 0 heterocycles. The third kappa shape index (κ3) is 4.49. The van der Waals surface area contributed by atoms with Crippen molar-refractivity contribution in [1.29, 1.82) is 0 Å². The maximum atomic E-state index is 12.9. The summed E-state index contributed by atoms with van der Waals surface area (Å²) in [6.07, 6.45) is -0.158. The van der Waals surface area contributed by atoms with Gasteiger partial charge in [-0.05, 0) is 29.4 Å². The Morgan fingerprint density at radius 1 is 1.25 bits per heavy atom. The van der Waals surface area contributed by atoms with Gasteiger partial charge in [-0.3, -0.25) is 0 Å². The molecule has 0 spiro atoms. The molecule has 90 valence electrons. The number of aliphatic hydroxyl groups excluding tert-OH is 1. The van der Waals surface area contributed by atoms with E-state index in [9.17, 15) is 13.9 Å². The number of aliphatic hydroxyl groups is 1. The third-order valence-electron chi connectivity index (χ3n) is 2.08. The minimum Gasteiger partial charge on any atom is -0.392 e. The van der Waals surface area contributed by atoms with Gasteiger partial charge in [-0.25, -0.2) is 8.78 Å². The number of benzene rings is 1. The van der Waals surface area contributed by atoms with Crippen LogP contribution in [-0.4, -0.2) is 22.2 Å². The highest BCUT2D eigenvalue weighted by molar-refractivity contribution is 7.99. The van der Waals surface area contributed by atoms with Crippen LogP contribution in [0.4, 0.5) is 8.78 Å². The first-order valence-electron chi connectivity index (χ1n) is 5.22. The molecule has 0 bridgehead atoms. The van der Waals surface area contributed by atoms with Gasteiger partial charge < -0.3 is 5.11 Å². The number of rotatable bonds is 5. The predicted octanol–water partition coefficient (Wildman–Crippen LogP) is 3.01. The van der Waals surface area contributed by atoms with Gasteiger partial charge in [0.25, 0.3) is 0 Å². The van der Waals surface area contributed by atoms with Crippen LogP contribution in [0.3, 0.4) is 0 Å². The molecule has 1 rings (SSSR count). The van der Waals surface area contributed by atoms with E-state index in [1.165, 1.54) is 6.07 Å². The molecular formula is C12H16F2OS. The van der Waals surface area contributed by atoms with Crippen LogP contribution in [0.2, 0.25) is 0 Å². The fourth-order valence-corrected chi connectivity index (χ4v) is 2.03. The summed E-state index contributed by atoms with van der Waals surface area (Å²) in [6.45, 7) is 4.10. The van der Waals surface area contributed by atoms with Crippen molar-refractivity contribution in [3.8, 4) is 0 Å². The molecular weight excluding hydrogens is 230 g/mol. The van der Waals surface area contributed by atoms with E-state index in [0.29, 0.717) is 23.0 Å². The molecule has 0 fully saturated rings. The van der Waals surface area contributed by atoms with E-state index in [2.05, 4.69) is 13.8 Å². The third-order valence-corrected chi connectivity index (χ3v) is 3.32. The van der Waals surface area contributed by atoms with Crippen molar-refractivity contribution in [1.82, 2.24) is 0 Å². The largest absolute Gasteiger partial charge is 0.392 e. The van der Waals surface area contributed by atoms with Crippen LogP contribution in [0, 0.1) is 11.6 Å². The Kier molecular flexibility index (Phi) is 5.22. The molecule has 0 aliphatic heterocycles. The van der Waals surface area contributed by atoms with E-state index in [4.69, 9.17) is 0 Å². The number of thioether (sulfide) groups is 1. The van der Waals surface area contributed by atoms with Crippen molar-refractivity contribution in [3.63, 3.8) is 0 Å². The van der Waals surface area contributed by atoms with Gasteiger partial charge in [0.2, 0.25) is 0 Å². The van der Waals surface area contributed by atoms with E-state index in [-0.39, 0.29) is 0 Å². The highest BCUT2D eigenvalue weighted by atomic mass is 32.2. The summed E-state index contributed by atoms with van der Waals surface area (Å²) in [4.78, 5) is 0. The van der Waals surface area contributed by atoms with Gasteiger partial charge in [0.05, 0.1) is 6.10 Å². The Labute approximate surface area is 98.9 Å². The summed E-state index contributed by atoms with van der Waals surface area (Å²) in [7, 11) is 0. The van der Waals surface area contributed by atoms with Gasteiger partial charge in [0.1, 0.15) is 0 Å². The number of hydrogen-bond donors (Lipinski definition) is 1. The Bertz CT molecular complexity index is 342. The lowest BCUT2D eigenvalue weighted by Crippen LogP contribution is -2.15. The zero-order valence-corrected chi connectivity index (χ0v) is 10.2. The van der Waals surface area contributed by atoms with Crippen molar-refractivity contribution in [2.75, 3.05) is 5.75 Å². The molecule has 0 amide bonds. The topological polar surface area (TPSA) is 20.2 Å². The van der Waals surface area contributed by atoms with Crippen molar-refractivity contribution in [3.05, 3.63) is 35.4 Å².